The monoisotopic (exact) mass is 246 g/mol. The fourth-order valence-corrected chi connectivity index (χ4v) is 3.28. The number of hydrogen-bond acceptors (Lipinski definition) is 2. The molecule has 0 bridgehead atoms. The third-order valence-electron chi connectivity index (χ3n) is 4.67. The van der Waals surface area contributed by atoms with Gasteiger partial charge in [0.05, 0.1) is 0 Å². The minimum Gasteiger partial charge on any atom is -0.299 e. The highest BCUT2D eigenvalue weighted by Gasteiger charge is 2.43. The number of allylic oxidation sites excluding steroid dienone is 3. The van der Waals surface area contributed by atoms with Gasteiger partial charge in [-0.3, -0.25) is 9.59 Å². The molecule has 18 heavy (non-hydrogen) atoms. The minimum atomic E-state index is -0.247. The van der Waals surface area contributed by atoms with Crippen molar-refractivity contribution in [3.8, 4) is 0 Å². The Hall–Kier alpha value is -1.18. The molecule has 0 saturated heterocycles. The van der Waals surface area contributed by atoms with E-state index in [1.165, 1.54) is 5.57 Å². The molecule has 0 radical (unpaired) electrons. The SMILES string of the molecule is C=C[C@H]1CCC(=O)[C@]1(C)CCC1=CC(=O)CCC1. The van der Waals surface area contributed by atoms with Gasteiger partial charge in [-0.15, -0.1) is 6.58 Å². The fraction of sp³-hybridized carbons (Fsp3) is 0.625. The van der Waals surface area contributed by atoms with Crippen LogP contribution in [0, 0.1) is 11.3 Å². The molecule has 0 heterocycles. The summed E-state index contributed by atoms with van der Waals surface area (Å²) in [4.78, 5) is 23.4. The van der Waals surface area contributed by atoms with Crippen molar-refractivity contribution in [1.29, 1.82) is 0 Å². The van der Waals surface area contributed by atoms with E-state index in [0.717, 1.165) is 32.1 Å². The molecule has 2 aliphatic rings. The smallest absolute Gasteiger partial charge is 0.155 e. The van der Waals surface area contributed by atoms with Gasteiger partial charge >= 0.3 is 0 Å². The Bertz CT molecular complexity index is 405. The Labute approximate surface area is 109 Å². The quantitative estimate of drug-likeness (QED) is 0.710. The molecule has 2 nitrogen and oxygen atoms in total. The van der Waals surface area contributed by atoms with Gasteiger partial charge in [-0.1, -0.05) is 18.6 Å². The maximum Gasteiger partial charge on any atom is 0.155 e. The predicted molar refractivity (Wildman–Crippen MR) is 72.2 cm³/mol. The Balaban J connectivity index is 2.02. The van der Waals surface area contributed by atoms with Gasteiger partial charge in [-0.25, -0.2) is 0 Å². The van der Waals surface area contributed by atoms with Crippen LogP contribution in [0.2, 0.25) is 0 Å². The summed E-state index contributed by atoms with van der Waals surface area (Å²) < 4.78 is 0. The molecule has 1 fully saturated rings. The summed E-state index contributed by atoms with van der Waals surface area (Å²) in [5.74, 6) is 0.930. The summed E-state index contributed by atoms with van der Waals surface area (Å²) in [6.45, 7) is 5.93. The average molecular weight is 246 g/mol. The maximum atomic E-state index is 12.1. The Morgan fingerprint density at radius 3 is 2.83 bits per heavy atom. The molecular weight excluding hydrogens is 224 g/mol. The van der Waals surface area contributed by atoms with Crippen molar-refractivity contribution in [2.75, 3.05) is 0 Å². The summed E-state index contributed by atoms with van der Waals surface area (Å²) in [6, 6.07) is 0. The first kappa shape index (κ1) is 13.3. The van der Waals surface area contributed by atoms with Gasteiger partial charge in [0, 0.05) is 18.3 Å². The highest BCUT2D eigenvalue weighted by molar-refractivity contribution is 5.91. The first-order chi connectivity index (χ1) is 8.56. The number of carbonyl (C=O) groups is 2. The summed E-state index contributed by atoms with van der Waals surface area (Å²) in [6.07, 6.45) is 9.80. The third-order valence-corrected chi connectivity index (χ3v) is 4.67. The number of Topliss-reactive ketones (excluding diaryl/α,β-unsaturated/α-hetero) is 1. The Kier molecular flexibility index (Phi) is 3.84. The third kappa shape index (κ3) is 2.47. The molecule has 0 N–H and O–H groups in total. The lowest BCUT2D eigenvalue weighted by Crippen LogP contribution is -2.28. The Morgan fingerprint density at radius 2 is 2.17 bits per heavy atom. The van der Waals surface area contributed by atoms with Crippen molar-refractivity contribution < 1.29 is 9.59 Å². The van der Waals surface area contributed by atoms with E-state index < -0.39 is 0 Å². The van der Waals surface area contributed by atoms with Gasteiger partial charge in [-0.05, 0) is 44.1 Å². The lowest BCUT2D eigenvalue weighted by atomic mass is 9.74. The predicted octanol–water partition coefficient (Wildman–Crippen LogP) is 3.62. The van der Waals surface area contributed by atoms with Crippen LogP contribution in [-0.2, 0) is 9.59 Å². The number of carbonyl (C=O) groups excluding carboxylic acids is 2. The molecule has 0 spiro atoms. The summed E-state index contributed by atoms with van der Waals surface area (Å²) >= 11 is 0. The zero-order valence-electron chi connectivity index (χ0n) is 11.2. The Morgan fingerprint density at radius 1 is 1.39 bits per heavy atom. The molecule has 0 aliphatic heterocycles. The molecule has 98 valence electrons. The molecule has 0 aromatic rings. The first-order valence-electron chi connectivity index (χ1n) is 6.94. The molecular formula is C16H22O2. The molecule has 0 amide bonds. The van der Waals surface area contributed by atoms with E-state index in [0.29, 0.717) is 24.5 Å². The van der Waals surface area contributed by atoms with Crippen LogP contribution < -0.4 is 0 Å². The van der Waals surface area contributed by atoms with E-state index in [2.05, 4.69) is 13.5 Å². The second-order valence-electron chi connectivity index (χ2n) is 5.84. The summed E-state index contributed by atoms with van der Waals surface area (Å²) in [5.41, 5.74) is 0.985. The topological polar surface area (TPSA) is 34.1 Å². The number of hydrogen-bond donors (Lipinski definition) is 0. The van der Waals surface area contributed by atoms with Crippen LogP contribution in [0.1, 0.15) is 51.9 Å². The molecule has 2 atom stereocenters. The standard InChI is InChI=1S/C16H22O2/c1-3-13-7-8-15(18)16(13,2)10-9-12-5-4-6-14(17)11-12/h3,11,13H,1,4-10H2,2H3/t13-,16+/m0/s1. The van der Waals surface area contributed by atoms with E-state index in [1.54, 1.807) is 6.08 Å². The largest absolute Gasteiger partial charge is 0.299 e. The van der Waals surface area contributed by atoms with Crippen LogP contribution in [0.25, 0.3) is 0 Å². The van der Waals surface area contributed by atoms with Gasteiger partial charge in [0.25, 0.3) is 0 Å². The molecule has 2 aliphatic carbocycles. The van der Waals surface area contributed by atoms with Gasteiger partial charge in [0.2, 0.25) is 0 Å². The molecule has 2 heteroatoms. The highest BCUT2D eigenvalue weighted by Crippen LogP contribution is 2.45. The van der Waals surface area contributed by atoms with E-state index in [-0.39, 0.29) is 11.2 Å². The van der Waals surface area contributed by atoms with Crippen LogP contribution in [-0.4, -0.2) is 11.6 Å². The maximum absolute atomic E-state index is 12.1. The van der Waals surface area contributed by atoms with Crippen molar-refractivity contribution in [3.63, 3.8) is 0 Å². The molecule has 1 saturated carbocycles. The van der Waals surface area contributed by atoms with E-state index >= 15 is 0 Å². The second-order valence-corrected chi connectivity index (χ2v) is 5.84. The van der Waals surface area contributed by atoms with E-state index in [4.69, 9.17) is 0 Å². The van der Waals surface area contributed by atoms with E-state index in [9.17, 15) is 9.59 Å². The van der Waals surface area contributed by atoms with Crippen LogP contribution in [0.4, 0.5) is 0 Å². The lowest BCUT2D eigenvalue weighted by molar-refractivity contribution is -0.126. The van der Waals surface area contributed by atoms with Crippen LogP contribution in [0.5, 0.6) is 0 Å². The summed E-state index contributed by atoms with van der Waals surface area (Å²) in [5, 5.41) is 0. The minimum absolute atomic E-state index is 0.247. The summed E-state index contributed by atoms with van der Waals surface area (Å²) in [7, 11) is 0. The van der Waals surface area contributed by atoms with Crippen molar-refractivity contribution in [3.05, 3.63) is 24.3 Å². The zero-order valence-corrected chi connectivity index (χ0v) is 11.2. The van der Waals surface area contributed by atoms with Crippen molar-refractivity contribution in [2.45, 2.75) is 51.9 Å². The highest BCUT2D eigenvalue weighted by atomic mass is 16.1. The van der Waals surface area contributed by atoms with Gasteiger partial charge in [0.1, 0.15) is 5.78 Å². The molecule has 2 rings (SSSR count). The molecule has 0 aromatic heterocycles. The fourth-order valence-electron chi connectivity index (χ4n) is 3.28. The van der Waals surface area contributed by atoms with Crippen molar-refractivity contribution in [2.24, 2.45) is 11.3 Å². The van der Waals surface area contributed by atoms with Crippen LogP contribution in [0.3, 0.4) is 0 Å². The van der Waals surface area contributed by atoms with Crippen LogP contribution >= 0.6 is 0 Å². The normalized spacial score (nSPS) is 32.5. The number of ketones is 2. The number of rotatable bonds is 4. The van der Waals surface area contributed by atoms with Gasteiger partial charge in [0.15, 0.2) is 5.78 Å². The average Bonchev–Trinajstić information content (AvgIpc) is 2.64. The first-order valence-corrected chi connectivity index (χ1v) is 6.94. The molecule has 0 unspecified atom stereocenters. The van der Waals surface area contributed by atoms with Crippen molar-refractivity contribution >= 4 is 11.6 Å². The van der Waals surface area contributed by atoms with Crippen LogP contribution in [0.15, 0.2) is 24.3 Å². The second kappa shape index (κ2) is 5.21. The van der Waals surface area contributed by atoms with Gasteiger partial charge < -0.3 is 0 Å². The van der Waals surface area contributed by atoms with E-state index in [1.807, 2.05) is 6.08 Å². The van der Waals surface area contributed by atoms with Gasteiger partial charge in [-0.2, -0.15) is 0 Å². The molecule has 0 aromatic carbocycles. The lowest BCUT2D eigenvalue weighted by Gasteiger charge is -2.28. The zero-order chi connectivity index (χ0) is 13.2. The van der Waals surface area contributed by atoms with Crippen molar-refractivity contribution in [1.82, 2.24) is 0 Å².